The second kappa shape index (κ2) is 8.20. The summed E-state index contributed by atoms with van der Waals surface area (Å²) in [6.07, 6.45) is 2.86. The number of aromatic nitrogens is 3. The third-order valence-electron chi connectivity index (χ3n) is 4.44. The van der Waals surface area contributed by atoms with E-state index in [1.54, 1.807) is 0 Å². The van der Waals surface area contributed by atoms with Gasteiger partial charge in [-0.05, 0) is 18.6 Å². The molecule has 0 unspecified atom stereocenters. The van der Waals surface area contributed by atoms with E-state index in [1.807, 2.05) is 66.9 Å². The number of carbonyl (C=O) groups is 1. The quantitative estimate of drug-likeness (QED) is 0.548. The van der Waals surface area contributed by atoms with Crippen molar-refractivity contribution in [2.75, 3.05) is 5.32 Å². The molecule has 144 valence electrons. The molecule has 1 amide bonds. The van der Waals surface area contributed by atoms with E-state index < -0.39 is 0 Å². The zero-order valence-electron chi connectivity index (χ0n) is 15.7. The maximum Gasteiger partial charge on any atom is 0.264 e. The lowest BCUT2D eigenvalue weighted by atomic mass is 10.2. The number of aryl methyl sites for hydroxylation is 1. The summed E-state index contributed by atoms with van der Waals surface area (Å²) in [4.78, 5) is 34.0. The molecule has 2 heterocycles. The van der Waals surface area contributed by atoms with E-state index in [4.69, 9.17) is 0 Å². The highest BCUT2D eigenvalue weighted by Gasteiger charge is 2.14. The molecule has 0 saturated carbocycles. The summed E-state index contributed by atoms with van der Waals surface area (Å²) in [6.45, 7) is 1.79. The molecule has 2 aromatic carbocycles. The maximum absolute atomic E-state index is 12.9. The standard InChI is InChI=1S/C22H18N4O2S/c1-15-7-5-6-10-18(15)24-20(27)12-26-14-23-11-17(22(26)28)21-25-19(13-29-21)16-8-3-2-4-9-16/h2-11,13-14H,12H2,1H3,(H,24,27). The molecule has 4 rings (SSSR count). The van der Waals surface area contributed by atoms with E-state index in [-0.39, 0.29) is 18.0 Å². The molecule has 1 N–H and O–H groups in total. The van der Waals surface area contributed by atoms with Crippen molar-refractivity contribution in [3.63, 3.8) is 0 Å². The summed E-state index contributed by atoms with van der Waals surface area (Å²) in [7, 11) is 0. The molecule has 0 spiro atoms. The van der Waals surface area contributed by atoms with Crippen molar-refractivity contribution in [3.05, 3.63) is 88.4 Å². The predicted molar refractivity (Wildman–Crippen MR) is 115 cm³/mol. The first-order valence-electron chi connectivity index (χ1n) is 9.03. The van der Waals surface area contributed by atoms with Crippen LogP contribution in [0.15, 0.2) is 77.3 Å². The topological polar surface area (TPSA) is 76.9 Å². The number of anilines is 1. The van der Waals surface area contributed by atoms with E-state index in [1.165, 1.54) is 28.4 Å². The highest BCUT2D eigenvalue weighted by Crippen LogP contribution is 2.26. The molecular weight excluding hydrogens is 384 g/mol. The Morgan fingerprint density at radius 3 is 2.66 bits per heavy atom. The van der Waals surface area contributed by atoms with Crippen LogP contribution in [0.3, 0.4) is 0 Å². The van der Waals surface area contributed by atoms with Gasteiger partial charge in [0, 0.05) is 22.8 Å². The van der Waals surface area contributed by atoms with Crippen LogP contribution in [0.4, 0.5) is 5.69 Å². The number of thiazole rings is 1. The minimum absolute atomic E-state index is 0.120. The fourth-order valence-corrected chi connectivity index (χ4v) is 3.74. The molecule has 4 aromatic rings. The van der Waals surface area contributed by atoms with Crippen LogP contribution in [0.25, 0.3) is 21.8 Å². The molecule has 7 heteroatoms. The summed E-state index contributed by atoms with van der Waals surface area (Å²) >= 11 is 1.38. The first-order valence-corrected chi connectivity index (χ1v) is 9.91. The van der Waals surface area contributed by atoms with E-state index >= 15 is 0 Å². The average molecular weight is 402 g/mol. The number of carbonyl (C=O) groups excluding carboxylic acids is 1. The Bertz CT molecular complexity index is 1210. The molecular formula is C22H18N4O2S. The number of benzene rings is 2. The Labute approximate surface area is 171 Å². The van der Waals surface area contributed by atoms with E-state index in [2.05, 4.69) is 15.3 Å². The summed E-state index contributed by atoms with van der Waals surface area (Å²) in [5.41, 5.74) is 3.55. The van der Waals surface area contributed by atoms with Gasteiger partial charge in [0.05, 0.1) is 17.6 Å². The Morgan fingerprint density at radius 2 is 1.86 bits per heavy atom. The maximum atomic E-state index is 12.9. The summed E-state index contributed by atoms with van der Waals surface area (Å²) < 4.78 is 1.30. The first-order chi connectivity index (χ1) is 14.1. The first kappa shape index (κ1) is 18.8. The zero-order valence-corrected chi connectivity index (χ0v) is 16.5. The Balaban J connectivity index is 1.57. The van der Waals surface area contributed by atoms with Gasteiger partial charge in [-0.1, -0.05) is 48.5 Å². The number of hydrogen-bond acceptors (Lipinski definition) is 5. The third kappa shape index (κ3) is 4.14. The van der Waals surface area contributed by atoms with Crippen LogP contribution in [0, 0.1) is 6.92 Å². The van der Waals surface area contributed by atoms with Crippen molar-refractivity contribution in [1.82, 2.24) is 14.5 Å². The minimum atomic E-state index is -0.297. The zero-order chi connectivity index (χ0) is 20.2. The van der Waals surface area contributed by atoms with Crippen LogP contribution in [-0.2, 0) is 11.3 Å². The van der Waals surface area contributed by atoms with E-state index in [0.717, 1.165) is 22.5 Å². The second-order valence-corrected chi connectivity index (χ2v) is 7.37. The molecule has 2 aromatic heterocycles. The fourth-order valence-electron chi connectivity index (χ4n) is 2.91. The molecule has 0 aliphatic carbocycles. The van der Waals surface area contributed by atoms with Gasteiger partial charge in [0.15, 0.2) is 0 Å². The molecule has 0 aliphatic heterocycles. The largest absolute Gasteiger partial charge is 0.324 e. The third-order valence-corrected chi connectivity index (χ3v) is 5.31. The molecule has 6 nitrogen and oxygen atoms in total. The van der Waals surface area contributed by atoms with E-state index in [9.17, 15) is 9.59 Å². The Morgan fingerprint density at radius 1 is 1.10 bits per heavy atom. The smallest absolute Gasteiger partial charge is 0.264 e. The van der Waals surface area contributed by atoms with Gasteiger partial charge in [-0.3, -0.25) is 14.2 Å². The molecule has 0 aliphatic rings. The number of nitrogens with one attached hydrogen (secondary N) is 1. The van der Waals surface area contributed by atoms with Gasteiger partial charge >= 0.3 is 0 Å². The normalized spacial score (nSPS) is 10.7. The van der Waals surface area contributed by atoms with Crippen molar-refractivity contribution < 1.29 is 4.79 Å². The SMILES string of the molecule is Cc1ccccc1NC(=O)Cn1cncc(-c2nc(-c3ccccc3)cs2)c1=O. The van der Waals surface area contributed by atoms with Gasteiger partial charge in [-0.2, -0.15) is 0 Å². The lowest BCUT2D eigenvalue weighted by Gasteiger charge is -2.09. The van der Waals surface area contributed by atoms with Gasteiger partial charge in [0.2, 0.25) is 5.91 Å². The van der Waals surface area contributed by atoms with Gasteiger partial charge < -0.3 is 5.32 Å². The molecule has 0 bridgehead atoms. The van der Waals surface area contributed by atoms with Gasteiger partial charge in [0.25, 0.3) is 5.56 Å². The molecule has 0 radical (unpaired) electrons. The summed E-state index contributed by atoms with van der Waals surface area (Å²) in [5.74, 6) is -0.288. The van der Waals surface area contributed by atoms with Crippen molar-refractivity contribution in [1.29, 1.82) is 0 Å². The second-order valence-electron chi connectivity index (χ2n) is 6.51. The Kier molecular flexibility index (Phi) is 5.31. The van der Waals surface area contributed by atoms with E-state index in [0.29, 0.717) is 10.6 Å². The van der Waals surface area contributed by atoms with Crippen LogP contribution in [0.2, 0.25) is 0 Å². The number of rotatable bonds is 5. The Hall–Kier alpha value is -3.58. The van der Waals surface area contributed by atoms with Crippen molar-refractivity contribution in [3.8, 4) is 21.8 Å². The number of hydrogen-bond donors (Lipinski definition) is 1. The average Bonchev–Trinajstić information content (AvgIpc) is 3.22. The lowest BCUT2D eigenvalue weighted by molar-refractivity contribution is -0.116. The van der Waals surface area contributed by atoms with Crippen LogP contribution >= 0.6 is 11.3 Å². The number of nitrogens with zero attached hydrogens (tertiary/aromatic N) is 3. The molecule has 0 fully saturated rings. The predicted octanol–water partition coefficient (Wildman–Crippen LogP) is 3.98. The minimum Gasteiger partial charge on any atom is -0.324 e. The highest BCUT2D eigenvalue weighted by molar-refractivity contribution is 7.13. The molecule has 29 heavy (non-hydrogen) atoms. The molecule has 0 saturated heterocycles. The van der Waals surface area contributed by atoms with Crippen molar-refractivity contribution >= 4 is 22.9 Å². The summed E-state index contributed by atoms with van der Waals surface area (Å²) in [6, 6.07) is 17.3. The molecule has 0 atom stereocenters. The van der Waals surface area contributed by atoms with Crippen molar-refractivity contribution in [2.24, 2.45) is 0 Å². The number of para-hydroxylation sites is 1. The van der Waals surface area contributed by atoms with Crippen LogP contribution < -0.4 is 10.9 Å². The van der Waals surface area contributed by atoms with Gasteiger partial charge in [-0.15, -0.1) is 11.3 Å². The van der Waals surface area contributed by atoms with Crippen LogP contribution in [0.1, 0.15) is 5.56 Å². The van der Waals surface area contributed by atoms with Gasteiger partial charge in [-0.25, -0.2) is 9.97 Å². The highest BCUT2D eigenvalue weighted by atomic mass is 32.1. The van der Waals surface area contributed by atoms with Crippen LogP contribution in [0.5, 0.6) is 0 Å². The number of amides is 1. The lowest BCUT2D eigenvalue weighted by Crippen LogP contribution is -2.28. The van der Waals surface area contributed by atoms with Gasteiger partial charge in [0.1, 0.15) is 11.6 Å². The van der Waals surface area contributed by atoms with Crippen molar-refractivity contribution in [2.45, 2.75) is 13.5 Å². The monoisotopic (exact) mass is 402 g/mol. The fraction of sp³-hybridized carbons (Fsp3) is 0.0909. The summed E-state index contributed by atoms with van der Waals surface area (Å²) in [5, 5.41) is 5.32. The van der Waals surface area contributed by atoms with Crippen LogP contribution in [-0.4, -0.2) is 20.4 Å².